The molecule has 2 aromatic rings. The highest BCUT2D eigenvalue weighted by molar-refractivity contribution is 6.35. The Morgan fingerprint density at radius 3 is 2.62 bits per heavy atom. The molecule has 1 heterocycles. The smallest absolute Gasteiger partial charge is 0.130 e. The third-order valence-corrected chi connectivity index (χ3v) is 2.54. The molecule has 0 spiro atoms. The molecular formula is C11H9Cl2N3. The van der Waals surface area contributed by atoms with Crippen molar-refractivity contribution in [3.8, 4) is 0 Å². The van der Waals surface area contributed by atoms with Gasteiger partial charge in [-0.1, -0.05) is 23.2 Å². The number of nitrogens with one attached hydrogen (secondary N) is 1. The van der Waals surface area contributed by atoms with Crippen molar-refractivity contribution in [1.82, 2.24) is 4.98 Å². The van der Waals surface area contributed by atoms with E-state index in [-0.39, 0.29) is 0 Å². The molecule has 1 aromatic carbocycles. The zero-order valence-electron chi connectivity index (χ0n) is 8.24. The fourth-order valence-corrected chi connectivity index (χ4v) is 1.55. The van der Waals surface area contributed by atoms with E-state index in [0.717, 1.165) is 0 Å². The van der Waals surface area contributed by atoms with Crippen LogP contribution in [0.15, 0.2) is 36.5 Å². The number of benzene rings is 1. The molecule has 82 valence electrons. The number of rotatable bonds is 2. The summed E-state index contributed by atoms with van der Waals surface area (Å²) in [7, 11) is 0. The molecule has 0 aliphatic heterocycles. The molecule has 0 unspecified atom stereocenters. The van der Waals surface area contributed by atoms with Gasteiger partial charge in [-0.05, 0) is 30.3 Å². The van der Waals surface area contributed by atoms with E-state index in [1.165, 1.54) is 0 Å². The minimum absolute atomic E-state index is 0.586. The minimum atomic E-state index is 0.586. The van der Waals surface area contributed by atoms with Crippen LogP contribution in [0.25, 0.3) is 0 Å². The predicted molar refractivity (Wildman–Crippen MR) is 68.4 cm³/mol. The first-order chi connectivity index (χ1) is 7.65. The van der Waals surface area contributed by atoms with E-state index in [9.17, 15) is 0 Å². The second kappa shape index (κ2) is 4.60. The van der Waals surface area contributed by atoms with Crippen LogP contribution in [0.5, 0.6) is 0 Å². The number of nitrogens with two attached hydrogens (primary N) is 1. The van der Waals surface area contributed by atoms with Crippen LogP contribution >= 0.6 is 23.2 Å². The molecule has 3 nitrogen and oxygen atoms in total. The van der Waals surface area contributed by atoms with Gasteiger partial charge in [0.2, 0.25) is 0 Å². The number of halogens is 2. The van der Waals surface area contributed by atoms with Crippen molar-refractivity contribution in [1.29, 1.82) is 0 Å². The summed E-state index contributed by atoms with van der Waals surface area (Å²) in [6.45, 7) is 0. The van der Waals surface area contributed by atoms with Crippen LogP contribution in [-0.2, 0) is 0 Å². The molecule has 0 aliphatic carbocycles. The predicted octanol–water partition coefficient (Wildman–Crippen LogP) is 3.71. The first-order valence-corrected chi connectivity index (χ1v) is 5.34. The molecule has 16 heavy (non-hydrogen) atoms. The molecule has 1 aromatic heterocycles. The van der Waals surface area contributed by atoms with E-state index in [1.807, 2.05) is 0 Å². The summed E-state index contributed by atoms with van der Waals surface area (Å²) < 4.78 is 0. The fourth-order valence-electron chi connectivity index (χ4n) is 1.21. The van der Waals surface area contributed by atoms with Crippen LogP contribution in [-0.4, -0.2) is 4.98 Å². The normalized spacial score (nSPS) is 10.1. The molecule has 3 N–H and O–H groups in total. The summed E-state index contributed by atoms with van der Waals surface area (Å²) >= 11 is 11.9. The molecule has 0 fully saturated rings. The Morgan fingerprint density at radius 2 is 1.94 bits per heavy atom. The largest absolute Gasteiger partial charge is 0.397 e. The van der Waals surface area contributed by atoms with E-state index in [2.05, 4.69) is 10.3 Å². The lowest BCUT2D eigenvalue weighted by molar-refractivity contribution is 1.31. The Balaban J connectivity index is 2.26. The van der Waals surface area contributed by atoms with E-state index >= 15 is 0 Å². The Bertz CT molecular complexity index is 497. The zero-order valence-corrected chi connectivity index (χ0v) is 9.76. The van der Waals surface area contributed by atoms with Gasteiger partial charge >= 0.3 is 0 Å². The summed E-state index contributed by atoms with van der Waals surface area (Å²) in [4.78, 5) is 4.11. The topological polar surface area (TPSA) is 50.9 Å². The van der Waals surface area contributed by atoms with Crippen molar-refractivity contribution in [3.63, 3.8) is 0 Å². The summed E-state index contributed by atoms with van der Waals surface area (Å²) in [5, 5.41) is 4.26. The van der Waals surface area contributed by atoms with Crippen molar-refractivity contribution in [3.05, 3.63) is 46.6 Å². The number of hydrogen-bond acceptors (Lipinski definition) is 3. The maximum absolute atomic E-state index is 6.00. The third kappa shape index (κ3) is 2.56. The SMILES string of the molecule is Nc1ccc(Nc2cc(Cl)ccc2Cl)nc1. The number of nitrogens with zero attached hydrogens (tertiary/aromatic N) is 1. The van der Waals surface area contributed by atoms with Gasteiger partial charge in [-0.15, -0.1) is 0 Å². The number of nitrogen functional groups attached to an aromatic ring is 1. The van der Waals surface area contributed by atoms with Crippen LogP contribution in [0.4, 0.5) is 17.2 Å². The molecule has 0 amide bonds. The first kappa shape index (κ1) is 11.0. The standard InChI is InChI=1S/C11H9Cl2N3/c12-7-1-3-9(13)10(5-7)16-11-4-2-8(14)6-15-11/h1-6H,14H2,(H,15,16). The number of aromatic nitrogens is 1. The van der Waals surface area contributed by atoms with Gasteiger partial charge in [0, 0.05) is 5.02 Å². The zero-order chi connectivity index (χ0) is 11.5. The molecule has 5 heteroatoms. The number of hydrogen-bond donors (Lipinski definition) is 2. The van der Waals surface area contributed by atoms with Crippen molar-refractivity contribution in [2.45, 2.75) is 0 Å². The van der Waals surface area contributed by atoms with Gasteiger partial charge in [-0.3, -0.25) is 0 Å². The highest BCUT2D eigenvalue weighted by Crippen LogP contribution is 2.27. The van der Waals surface area contributed by atoms with Crippen molar-refractivity contribution >= 4 is 40.4 Å². The van der Waals surface area contributed by atoms with Crippen molar-refractivity contribution in [2.75, 3.05) is 11.1 Å². The van der Waals surface area contributed by atoms with Crippen LogP contribution in [0.2, 0.25) is 10.0 Å². The summed E-state index contributed by atoms with van der Waals surface area (Å²) in [6.07, 6.45) is 1.57. The van der Waals surface area contributed by atoms with Crippen molar-refractivity contribution in [2.24, 2.45) is 0 Å². The highest BCUT2D eigenvalue weighted by atomic mass is 35.5. The van der Waals surface area contributed by atoms with E-state index in [1.54, 1.807) is 36.5 Å². The van der Waals surface area contributed by atoms with Gasteiger partial charge in [0.15, 0.2) is 0 Å². The summed E-state index contributed by atoms with van der Waals surface area (Å²) in [6, 6.07) is 8.72. The van der Waals surface area contributed by atoms with E-state index in [4.69, 9.17) is 28.9 Å². The van der Waals surface area contributed by atoms with Crippen LogP contribution in [0.3, 0.4) is 0 Å². The first-order valence-electron chi connectivity index (χ1n) is 4.59. The number of anilines is 3. The molecule has 0 radical (unpaired) electrons. The lowest BCUT2D eigenvalue weighted by Gasteiger charge is -2.07. The third-order valence-electron chi connectivity index (χ3n) is 1.98. The fraction of sp³-hybridized carbons (Fsp3) is 0. The second-order valence-corrected chi connectivity index (χ2v) is 4.07. The van der Waals surface area contributed by atoms with Gasteiger partial charge in [0.05, 0.1) is 22.6 Å². The molecule has 0 saturated heterocycles. The minimum Gasteiger partial charge on any atom is -0.397 e. The maximum atomic E-state index is 6.00. The Kier molecular flexibility index (Phi) is 3.17. The molecular weight excluding hydrogens is 245 g/mol. The average molecular weight is 254 g/mol. The molecule has 2 rings (SSSR count). The van der Waals surface area contributed by atoms with Crippen molar-refractivity contribution < 1.29 is 0 Å². The Hall–Kier alpha value is -1.45. The maximum Gasteiger partial charge on any atom is 0.130 e. The second-order valence-electron chi connectivity index (χ2n) is 3.23. The highest BCUT2D eigenvalue weighted by Gasteiger charge is 2.02. The molecule has 0 aliphatic rings. The van der Waals surface area contributed by atoms with Gasteiger partial charge in [0.25, 0.3) is 0 Å². The van der Waals surface area contributed by atoms with Crippen LogP contribution < -0.4 is 11.1 Å². The van der Waals surface area contributed by atoms with Gasteiger partial charge < -0.3 is 11.1 Å². The van der Waals surface area contributed by atoms with Gasteiger partial charge in [-0.2, -0.15) is 0 Å². The van der Waals surface area contributed by atoms with Crippen LogP contribution in [0.1, 0.15) is 0 Å². The van der Waals surface area contributed by atoms with E-state index < -0.39 is 0 Å². The van der Waals surface area contributed by atoms with Gasteiger partial charge in [0.1, 0.15) is 5.82 Å². The molecule has 0 saturated carbocycles. The molecule has 0 atom stereocenters. The van der Waals surface area contributed by atoms with Crippen LogP contribution in [0, 0.1) is 0 Å². The Labute approximate surface area is 103 Å². The summed E-state index contributed by atoms with van der Waals surface area (Å²) in [5.41, 5.74) is 6.86. The lowest BCUT2D eigenvalue weighted by atomic mass is 10.3. The molecule has 0 bridgehead atoms. The number of pyridine rings is 1. The summed E-state index contributed by atoms with van der Waals surface area (Å²) in [5.74, 6) is 0.665. The quantitative estimate of drug-likeness (QED) is 0.858. The Morgan fingerprint density at radius 1 is 1.12 bits per heavy atom. The van der Waals surface area contributed by atoms with Gasteiger partial charge in [-0.25, -0.2) is 4.98 Å². The van der Waals surface area contributed by atoms with E-state index in [0.29, 0.717) is 27.2 Å². The monoisotopic (exact) mass is 253 g/mol. The average Bonchev–Trinajstić information content (AvgIpc) is 2.27. The lowest BCUT2D eigenvalue weighted by Crippen LogP contribution is -1.95.